The zero-order valence-corrected chi connectivity index (χ0v) is 24.4. The highest BCUT2D eigenvalue weighted by atomic mass is 19.1. The number of rotatable bonds is 3. The van der Waals surface area contributed by atoms with Gasteiger partial charge in [-0.25, -0.2) is 4.39 Å². The topological polar surface area (TPSA) is 122 Å². The van der Waals surface area contributed by atoms with Crippen LogP contribution in [0, 0.1) is 5.82 Å². The van der Waals surface area contributed by atoms with Gasteiger partial charge in [0, 0.05) is 44.5 Å². The molecule has 0 atom stereocenters. The van der Waals surface area contributed by atoms with E-state index in [0.717, 1.165) is 24.5 Å². The van der Waals surface area contributed by atoms with E-state index in [9.17, 15) is 23.6 Å². The van der Waals surface area contributed by atoms with Crippen molar-refractivity contribution >= 4 is 17.7 Å². The summed E-state index contributed by atoms with van der Waals surface area (Å²) in [7, 11) is 1.64. The maximum atomic E-state index is 14.0. The Bertz CT molecular complexity index is 1620. The van der Waals surface area contributed by atoms with Crippen LogP contribution in [0.25, 0.3) is 0 Å². The summed E-state index contributed by atoms with van der Waals surface area (Å²) in [5.41, 5.74) is 0.273. The smallest absolute Gasteiger partial charge is 0.277 e. The second kappa shape index (κ2) is 13.9. The van der Waals surface area contributed by atoms with Gasteiger partial charge in [0.05, 0.1) is 0 Å². The van der Waals surface area contributed by atoms with Gasteiger partial charge in [-0.15, -0.1) is 0 Å². The van der Waals surface area contributed by atoms with Crippen molar-refractivity contribution in [1.82, 2.24) is 20.2 Å². The monoisotopic (exact) mass is 603 g/mol. The molecule has 2 N–H and O–H groups in total. The normalized spacial score (nSPS) is 17.1. The summed E-state index contributed by atoms with van der Waals surface area (Å²) >= 11 is 0. The van der Waals surface area contributed by atoms with Crippen molar-refractivity contribution in [3.8, 4) is 11.5 Å². The third-order valence-electron chi connectivity index (χ3n) is 7.26. The number of carbonyl (C=O) groups is 3. The molecule has 3 amide bonds. The molecule has 0 saturated carbocycles. The van der Waals surface area contributed by atoms with Gasteiger partial charge in [0.2, 0.25) is 5.43 Å². The number of nitrogens with one attached hydrogen (secondary N) is 2. The quantitative estimate of drug-likeness (QED) is 0.442. The van der Waals surface area contributed by atoms with E-state index < -0.39 is 23.1 Å². The fourth-order valence-corrected chi connectivity index (χ4v) is 4.96. The van der Waals surface area contributed by atoms with Crippen LogP contribution in [0.1, 0.15) is 51.2 Å². The number of pyridine rings is 1. The van der Waals surface area contributed by atoms with E-state index in [2.05, 4.69) is 10.6 Å². The summed E-state index contributed by atoms with van der Waals surface area (Å²) in [5, 5.41) is 7.33. The molecule has 2 aliphatic heterocycles. The molecular formula is C32H34FN5O6. The fourth-order valence-electron chi connectivity index (χ4n) is 4.96. The largest absolute Gasteiger partial charge is 0.483 e. The Balaban J connectivity index is 1.53. The minimum atomic E-state index is -0.731. The second-order valence-corrected chi connectivity index (χ2v) is 10.5. The Hall–Kier alpha value is -5.13. The summed E-state index contributed by atoms with van der Waals surface area (Å²) in [4.78, 5) is 54.5. The van der Waals surface area contributed by atoms with E-state index in [1.165, 1.54) is 23.2 Å². The Labute approximate surface area is 253 Å². The molecule has 0 fully saturated rings. The van der Waals surface area contributed by atoms with Crippen LogP contribution in [-0.4, -0.2) is 60.7 Å². The van der Waals surface area contributed by atoms with Gasteiger partial charge in [0.1, 0.15) is 30.4 Å². The molecule has 3 heterocycles. The van der Waals surface area contributed by atoms with E-state index >= 15 is 0 Å². The number of benzene rings is 2. The van der Waals surface area contributed by atoms with Crippen LogP contribution in [0.4, 0.5) is 4.39 Å². The SMILES string of the molecule is CN1CN2CCC/C=C/CCNC(=O)COc3cc(F)ccc3CNC(=O)c3cn2c(c(OCc2ccccc2)c3=O)C1=O. The lowest BCUT2D eigenvalue weighted by Crippen LogP contribution is -2.53. The van der Waals surface area contributed by atoms with Crippen molar-refractivity contribution < 1.29 is 28.2 Å². The molecule has 2 aromatic carbocycles. The molecule has 2 bridgehead atoms. The summed E-state index contributed by atoms with van der Waals surface area (Å²) in [5.74, 6) is -2.19. The summed E-state index contributed by atoms with van der Waals surface area (Å²) in [6.07, 6.45) is 7.43. The molecule has 12 heteroatoms. The van der Waals surface area contributed by atoms with E-state index in [-0.39, 0.29) is 55.1 Å². The molecule has 0 unspecified atom stereocenters. The maximum absolute atomic E-state index is 14.0. The fraction of sp³-hybridized carbons (Fsp3) is 0.312. The molecule has 5 rings (SSSR count). The molecule has 230 valence electrons. The number of amides is 3. The molecule has 44 heavy (non-hydrogen) atoms. The van der Waals surface area contributed by atoms with Crippen molar-refractivity contribution in [1.29, 1.82) is 0 Å². The zero-order chi connectivity index (χ0) is 31.1. The van der Waals surface area contributed by atoms with Crippen LogP contribution >= 0.6 is 0 Å². The molecule has 2 aliphatic rings. The van der Waals surface area contributed by atoms with Gasteiger partial charge in [-0.1, -0.05) is 48.6 Å². The molecule has 0 spiro atoms. The van der Waals surface area contributed by atoms with Gasteiger partial charge >= 0.3 is 0 Å². The number of hydrogen-bond donors (Lipinski definition) is 2. The summed E-state index contributed by atoms with van der Waals surface area (Å²) in [6.45, 7) is 0.733. The zero-order valence-electron chi connectivity index (χ0n) is 24.4. The number of hydrogen-bond acceptors (Lipinski definition) is 7. The number of fused-ring (bicyclic) bond motifs is 2. The molecule has 0 aliphatic carbocycles. The van der Waals surface area contributed by atoms with Crippen molar-refractivity contribution in [2.75, 3.05) is 38.4 Å². The summed E-state index contributed by atoms with van der Waals surface area (Å²) < 4.78 is 27.2. The third-order valence-corrected chi connectivity index (χ3v) is 7.26. The predicted molar refractivity (Wildman–Crippen MR) is 161 cm³/mol. The van der Waals surface area contributed by atoms with E-state index in [1.807, 2.05) is 47.5 Å². The van der Waals surface area contributed by atoms with Gasteiger partial charge in [-0.05, 0) is 30.9 Å². The lowest BCUT2D eigenvalue weighted by atomic mass is 10.1. The van der Waals surface area contributed by atoms with Crippen molar-refractivity contribution in [3.63, 3.8) is 0 Å². The van der Waals surface area contributed by atoms with Gasteiger partial charge in [0.15, 0.2) is 18.1 Å². The first kappa shape index (κ1) is 30.3. The predicted octanol–water partition coefficient (Wildman–Crippen LogP) is 2.71. The number of allylic oxidation sites excluding steroid dienone is 1. The number of ether oxygens (including phenoxy) is 2. The first-order chi connectivity index (χ1) is 21.3. The second-order valence-electron chi connectivity index (χ2n) is 10.5. The Morgan fingerprint density at radius 3 is 2.61 bits per heavy atom. The Morgan fingerprint density at radius 2 is 1.80 bits per heavy atom. The van der Waals surface area contributed by atoms with Crippen LogP contribution in [0.5, 0.6) is 11.5 Å². The highest BCUT2D eigenvalue weighted by molar-refractivity contribution is 5.99. The highest BCUT2D eigenvalue weighted by Gasteiger charge is 2.33. The van der Waals surface area contributed by atoms with Crippen LogP contribution in [0.2, 0.25) is 0 Å². The van der Waals surface area contributed by atoms with Gasteiger partial charge in [0.25, 0.3) is 17.7 Å². The van der Waals surface area contributed by atoms with E-state index in [4.69, 9.17) is 9.47 Å². The van der Waals surface area contributed by atoms with Gasteiger partial charge < -0.3 is 25.0 Å². The number of halogens is 1. The van der Waals surface area contributed by atoms with Crippen LogP contribution in [0.3, 0.4) is 0 Å². The Morgan fingerprint density at radius 1 is 1.00 bits per heavy atom. The molecule has 3 aromatic rings. The molecule has 11 nitrogen and oxygen atoms in total. The van der Waals surface area contributed by atoms with Crippen LogP contribution < -0.4 is 30.5 Å². The molecule has 1 aromatic heterocycles. The number of aromatic nitrogens is 1. The van der Waals surface area contributed by atoms with E-state index in [1.54, 1.807) is 11.7 Å². The van der Waals surface area contributed by atoms with Crippen LogP contribution in [-0.2, 0) is 17.9 Å². The first-order valence-electron chi connectivity index (χ1n) is 14.4. The number of carbonyl (C=O) groups excluding carboxylic acids is 3. The minimum absolute atomic E-state index is 0.0137. The Kier molecular flexibility index (Phi) is 9.58. The van der Waals surface area contributed by atoms with Gasteiger partial charge in [-0.2, -0.15) is 0 Å². The maximum Gasteiger partial charge on any atom is 0.277 e. The van der Waals surface area contributed by atoms with Crippen LogP contribution in [0.15, 0.2) is 71.7 Å². The molecular weight excluding hydrogens is 569 g/mol. The molecule has 0 radical (unpaired) electrons. The standard InChI is InChI=1S/C32H34FN5O6/c1-36-21-37-15-9-4-2-3-8-14-34-27(39)20-43-26-16-24(33)13-12-23(26)17-35-31(41)25-18-38(37)28(32(36)42)30(29(25)40)44-19-22-10-6-5-7-11-22/h2-3,5-7,10-13,16,18H,4,8-9,14-15,17,19-21H2,1H3,(H,34,39)(H,35,41)/b3-2+. The first-order valence-corrected chi connectivity index (χ1v) is 14.4. The van der Waals surface area contributed by atoms with E-state index in [0.29, 0.717) is 25.1 Å². The van der Waals surface area contributed by atoms with Crippen molar-refractivity contribution in [2.24, 2.45) is 0 Å². The summed E-state index contributed by atoms with van der Waals surface area (Å²) in [6, 6.07) is 13.0. The van der Waals surface area contributed by atoms with Crippen molar-refractivity contribution in [3.05, 3.63) is 105 Å². The third kappa shape index (κ3) is 7.08. The average Bonchev–Trinajstić information content (AvgIpc) is 3.02. The highest BCUT2D eigenvalue weighted by Crippen LogP contribution is 2.24. The average molecular weight is 604 g/mol. The molecule has 0 saturated heterocycles. The lowest BCUT2D eigenvalue weighted by Gasteiger charge is -2.38. The lowest BCUT2D eigenvalue weighted by molar-refractivity contribution is -0.123. The van der Waals surface area contributed by atoms with Crippen molar-refractivity contribution in [2.45, 2.75) is 32.4 Å². The minimum Gasteiger partial charge on any atom is -0.483 e. The van der Waals surface area contributed by atoms with Gasteiger partial charge in [-0.3, -0.25) is 28.9 Å². The number of nitrogens with zero attached hydrogens (tertiary/aromatic N) is 3.